The van der Waals surface area contributed by atoms with Gasteiger partial charge in [-0.05, 0) is 37.5 Å². The van der Waals surface area contributed by atoms with Crippen molar-refractivity contribution >= 4 is 14.3 Å². The summed E-state index contributed by atoms with van der Waals surface area (Å²) in [5, 5.41) is 20.7. The molecule has 148 valence electrons. The first-order valence-electron chi connectivity index (χ1n) is 8.87. The molecule has 2 unspecified atom stereocenters. The Morgan fingerprint density at radius 2 is 1.88 bits per heavy atom. The van der Waals surface area contributed by atoms with Crippen LogP contribution < -0.4 is 9.16 Å². The van der Waals surface area contributed by atoms with E-state index in [9.17, 15) is 15.0 Å². The van der Waals surface area contributed by atoms with Crippen molar-refractivity contribution in [2.45, 2.75) is 65.3 Å². The van der Waals surface area contributed by atoms with E-state index in [1.54, 1.807) is 13.8 Å². The monoisotopic (exact) mass is 384 g/mol. The van der Waals surface area contributed by atoms with E-state index >= 15 is 0 Å². The highest BCUT2D eigenvalue weighted by Crippen LogP contribution is 2.46. The Morgan fingerprint density at radius 3 is 2.31 bits per heavy atom. The summed E-state index contributed by atoms with van der Waals surface area (Å²) in [7, 11) is -0.715. The number of benzene rings is 1. The Bertz CT molecular complexity index is 652. The van der Waals surface area contributed by atoms with Crippen molar-refractivity contribution in [2.24, 2.45) is 0 Å². The fourth-order valence-corrected chi connectivity index (χ4v) is 4.82. The third-order valence-electron chi connectivity index (χ3n) is 5.08. The van der Waals surface area contributed by atoms with Crippen LogP contribution in [0.15, 0.2) is 6.07 Å². The van der Waals surface area contributed by atoms with Crippen LogP contribution >= 0.6 is 0 Å². The maximum absolute atomic E-state index is 11.9. The van der Waals surface area contributed by atoms with Crippen LogP contribution in [0.4, 0.5) is 0 Å². The number of phenols is 1. The highest BCUT2D eigenvalue weighted by Gasteiger charge is 2.43. The van der Waals surface area contributed by atoms with Crippen LogP contribution in [0.1, 0.15) is 51.8 Å². The second-order valence-corrected chi connectivity index (χ2v) is 12.4. The number of ether oxygens (including phenoxy) is 2. The van der Waals surface area contributed by atoms with E-state index in [0.717, 1.165) is 6.04 Å². The van der Waals surface area contributed by atoms with Gasteiger partial charge in [0.05, 0.1) is 13.7 Å². The Balaban J connectivity index is 3.50. The number of aliphatic hydroxyl groups is 1. The number of aliphatic hydroxyl groups excluding tert-OH is 1. The zero-order chi connectivity index (χ0) is 20.3. The summed E-state index contributed by atoms with van der Waals surface area (Å²) >= 11 is 0. The minimum Gasteiger partial charge on any atom is -0.541 e. The van der Waals surface area contributed by atoms with E-state index in [-0.39, 0.29) is 23.0 Å². The number of carbonyl (C=O) groups is 1. The van der Waals surface area contributed by atoms with Crippen LogP contribution in [0.3, 0.4) is 0 Å². The molecule has 2 N–H and O–H groups in total. The summed E-state index contributed by atoms with van der Waals surface area (Å²) in [5.41, 5.74) is 0.461. The van der Waals surface area contributed by atoms with Gasteiger partial charge in [-0.25, -0.2) is 4.79 Å². The lowest BCUT2D eigenvalue weighted by Crippen LogP contribution is -2.46. The maximum Gasteiger partial charge on any atom is 0.339 e. The van der Waals surface area contributed by atoms with E-state index in [1.807, 2.05) is 0 Å². The average molecular weight is 385 g/mol. The summed E-state index contributed by atoms with van der Waals surface area (Å²) in [5.74, 6) is -0.194. The minimum atomic E-state index is -2.21. The molecule has 1 rings (SSSR count). The summed E-state index contributed by atoms with van der Waals surface area (Å²) in [6, 6.07) is 2.35. The zero-order valence-corrected chi connectivity index (χ0v) is 18.1. The first-order chi connectivity index (χ1) is 11.9. The molecule has 26 heavy (non-hydrogen) atoms. The van der Waals surface area contributed by atoms with E-state index < -0.39 is 20.4 Å². The number of esters is 1. The summed E-state index contributed by atoms with van der Waals surface area (Å²) in [4.78, 5) is 11.9. The molecule has 6 nitrogen and oxygen atoms in total. The molecule has 2 atom stereocenters. The normalized spacial score (nSPS) is 15.1. The van der Waals surface area contributed by atoms with Crippen LogP contribution in [0.25, 0.3) is 0 Å². The van der Waals surface area contributed by atoms with E-state index in [4.69, 9.17) is 13.9 Å². The van der Waals surface area contributed by atoms with E-state index in [0.29, 0.717) is 17.1 Å². The zero-order valence-electron chi connectivity index (χ0n) is 17.1. The first-order valence-corrected chi connectivity index (χ1v) is 11.5. The van der Waals surface area contributed by atoms with Crippen LogP contribution in [0, 0.1) is 6.92 Å². The maximum atomic E-state index is 11.9. The highest BCUT2D eigenvalue weighted by molar-refractivity contribution is 6.76. The quantitative estimate of drug-likeness (QED) is 0.544. The molecule has 0 spiro atoms. The fourth-order valence-electron chi connectivity index (χ4n) is 2.67. The molecule has 0 aliphatic rings. The van der Waals surface area contributed by atoms with Crippen LogP contribution in [-0.4, -0.2) is 38.2 Å². The molecule has 0 saturated heterocycles. The Morgan fingerprint density at radius 1 is 1.31 bits per heavy atom. The molecule has 0 heterocycles. The lowest BCUT2D eigenvalue weighted by molar-refractivity contribution is -0.153. The minimum absolute atomic E-state index is 0.0432. The Kier molecular flexibility index (Phi) is 7.13. The molecule has 7 heteroatoms. The average Bonchev–Trinajstić information content (AvgIpc) is 2.56. The number of hydrogen-bond acceptors (Lipinski definition) is 6. The standard InChI is InChI=1S/C19H32O6Si/c1-9-24-18(22)16(21)13-11-14(17(23-7)12(3)15(13)20)25-26(8,10-2)19(4,5)6/h11,16,20-21H,9-10H2,1-8H3. The molecule has 0 aliphatic heterocycles. The molecule has 0 radical (unpaired) electrons. The third kappa shape index (κ3) is 4.32. The van der Waals surface area contributed by atoms with Gasteiger partial charge in [-0.15, -0.1) is 0 Å². The number of rotatable bonds is 7. The fraction of sp³-hybridized carbons (Fsp3) is 0.632. The number of methoxy groups -OCH3 is 1. The van der Waals surface area contributed by atoms with Crippen molar-refractivity contribution in [3.05, 3.63) is 17.2 Å². The molecular weight excluding hydrogens is 352 g/mol. The number of phenolic OH excluding ortho intramolecular Hbond substituents is 1. The van der Waals surface area contributed by atoms with Crippen molar-refractivity contribution in [1.82, 2.24) is 0 Å². The number of hydrogen-bond donors (Lipinski definition) is 2. The molecular formula is C19H32O6Si. The van der Waals surface area contributed by atoms with Crippen LogP contribution in [0.5, 0.6) is 17.2 Å². The van der Waals surface area contributed by atoms with Crippen LogP contribution in [-0.2, 0) is 9.53 Å². The van der Waals surface area contributed by atoms with Gasteiger partial charge in [0.1, 0.15) is 11.5 Å². The Hall–Kier alpha value is -1.73. The predicted molar refractivity (Wildman–Crippen MR) is 103 cm³/mol. The van der Waals surface area contributed by atoms with Gasteiger partial charge < -0.3 is 24.1 Å². The van der Waals surface area contributed by atoms with Gasteiger partial charge in [0.2, 0.25) is 0 Å². The molecule has 0 amide bonds. The van der Waals surface area contributed by atoms with Crippen molar-refractivity contribution in [3.63, 3.8) is 0 Å². The number of aromatic hydroxyl groups is 1. The second-order valence-electron chi connectivity index (χ2n) is 7.56. The summed E-state index contributed by atoms with van der Waals surface area (Å²) in [6.07, 6.45) is -1.59. The number of carbonyl (C=O) groups excluding carboxylic acids is 1. The lowest BCUT2D eigenvalue weighted by atomic mass is 10.0. The third-order valence-corrected chi connectivity index (χ3v) is 10.3. The second kappa shape index (κ2) is 8.31. The summed E-state index contributed by atoms with van der Waals surface area (Å²) < 4.78 is 16.7. The topological polar surface area (TPSA) is 85.2 Å². The van der Waals surface area contributed by atoms with E-state index in [1.165, 1.54) is 13.2 Å². The summed E-state index contributed by atoms with van der Waals surface area (Å²) in [6.45, 7) is 14.1. The van der Waals surface area contributed by atoms with Gasteiger partial charge in [-0.1, -0.05) is 27.7 Å². The van der Waals surface area contributed by atoms with Gasteiger partial charge in [0.25, 0.3) is 8.32 Å². The predicted octanol–water partition coefficient (Wildman–Crippen LogP) is 4.08. The van der Waals surface area contributed by atoms with Gasteiger partial charge >= 0.3 is 5.97 Å². The largest absolute Gasteiger partial charge is 0.541 e. The SMILES string of the molecule is CCOC(=O)C(O)c1cc(O[Si](C)(CC)C(C)(C)C)c(OC)c(C)c1O. The molecule has 0 saturated carbocycles. The molecule has 0 bridgehead atoms. The van der Waals surface area contributed by atoms with Crippen molar-refractivity contribution in [3.8, 4) is 17.2 Å². The molecule has 0 fully saturated rings. The molecule has 0 aliphatic carbocycles. The van der Waals surface area contributed by atoms with Gasteiger partial charge in [-0.3, -0.25) is 0 Å². The molecule has 0 aromatic heterocycles. The van der Waals surface area contributed by atoms with Crippen molar-refractivity contribution in [1.29, 1.82) is 0 Å². The smallest absolute Gasteiger partial charge is 0.339 e. The lowest BCUT2D eigenvalue weighted by Gasteiger charge is -2.39. The van der Waals surface area contributed by atoms with Gasteiger partial charge in [0, 0.05) is 11.1 Å². The van der Waals surface area contributed by atoms with Crippen LogP contribution in [0.2, 0.25) is 17.6 Å². The highest BCUT2D eigenvalue weighted by atomic mass is 28.4. The first kappa shape index (κ1) is 22.3. The Labute approximate surface area is 157 Å². The molecule has 1 aromatic rings. The van der Waals surface area contributed by atoms with Crippen molar-refractivity contribution in [2.75, 3.05) is 13.7 Å². The van der Waals surface area contributed by atoms with Gasteiger partial charge in [-0.2, -0.15) is 0 Å². The van der Waals surface area contributed by atoms with E-state index in [2.05, 4.69) is 34.2 Å². The van der Waals surface area contributed by atoms with Gasteiger partial charge in [0.15, 0.2) is 11.9 Å². The molecule has 1 aromatic carbocycles. The van der Waals surface area contributed by atoms with Crippen molar-refractivity contribution < 1.29 is 28.9 Å².